The van der Waals surface area contributed by atoms with Gasteiger partial charge in [-0.25, -0.2) is 14.6 Å². The lowest BCUT2D eigenvalue weighted by atomic mass is 9.94. The lowest BCUT2D eigenvalue weighted by Gasteiger charge is -2.14. The molecule has 0 atom stereocenters. The summed E-state index contributed by atoms with van der Waals surface area (Å²) < 4.78 is 2.12. The molecule has 0 bridgehead atoms. The standard InChI is InChI=1S/C53H34N4/c1-4-16-35(17-5-1)46-32-40-23-11-13-25-43(40)52-50(46)51(37-18-6-2-7-19-37)56-57(52)41-30-28-36(29-31-41)48-34-49(55-53(54-48)38-20-8-3-9-21-38)47-33-39-22-10-12-24-42(39)44-26-14-15-27-45(44)47/h1-34H. The van der Waals surface area contributed by atoms with E-state index in [2.05, 4.69) is 193 Å². The van der Waals surface area contributed by atoms with Crippen LogP contribution < -0.4 is 0 Å². The maximum atomic E-state index is 5.42. The second kappa shape index (κ2) is 13.6. The van der Waals surface area contributed by atoms with E-state index < -0.39 is 0 Å². The molecule has 0 aliphatic heterocycles. The second-order valence-electron chi connectivity index (χ2n) is 14.4. The van der Waals surface area contributed by atoms with Crippen molar-refractivity contribution < 1.29 is 0 Å². The SMILES string of the molecule is c1ccc(-c2nc(-c3ccc(-n4nc(-c5ccccc5)c5c(-c6ccccc6)cc6ccccc6c54)cc3)cc(-c3cc4ccccc4c4ccccc34)n2)cc1. The molecule has 0 amide bonds. The average Bonchev–Trinajstić information content (AvgIpc) is 3.70. The van der Waals surface area contributed by atoms with Gasteiger partial charge in [-0.3, -0.25) is 0 Å². The first-order valence-corrected chi connectivity index (χ1v) is 19.3. The minimum atomic E-state index is 0.690. The monoisotopic (exact) mass is 726 g/mol. The zero-order valence-electron chi connectivity index (χ0n) is 30.9. The number of aromatic nitrogens is 4. The third kappa shape index (κ3) is 5.66. The van der Waals surface area contributed by atoms with Gasteiger partial charge in [0.1, 0.15) is 5.69 Å². The molecule has 0 saturated heterocycles. The lowest BCUT2D eigenvalue weighted by Crippen LogP contribution is -1.99. The van der Waals surface area contributed by atoms with Crippen LogP contribution >= 0.6 is 0 Å². The molecule has 266 valence electrons. The Morgan fingerprint density at radius 3 is 1.58 bits per heavy atom. The van der Waals surface area contributed by atoms with Crippen molar-refractivity contribution in [1.82, 2.24) is 19.7 Å². The fourth-order valence-corrected chi connectivity index (χ4v) is 8.31. The third-order valence-corrected chi connectivity index (χ3v) is 11.0. The number of nitrogens with zero attached hydrogens (tertiary/aromatic N) is 4. The topological polar surface area (TPSA) is 43.6 Å². The molecule has 4 heteroatoms. The van der Waals surface area contributed by atoms with Gasteiger partial charge in [-0.1, -0.05) is 176 Å². The highest BCUT2D eigenvalue weighted by Crippen LogP contribution is 2.42. The van der Waals surface area contributed by atoms with E-state index in [0.717, 1.165) is 77.8 Å². The minimum Gasteiger partial charge on any atom is -0.232 e. The Labute approximate surface area is 330 Å². The molecule has 0 aliphatic carbocycles. The summed E-state index contributed by atoms with van der Waals surface area (Å²) in [5.41, 5.74) is 11.2. The zero-order chi connectivity index (χ0) is 37.7. The molecule has 0 saturated carbocycles. The highest BCUT2D eigenvalue weighted by Gasteiger charge is 2.21. The van der Waals surface area contributed by atoms with Crippen LogP contribution in [0.5, 0.6) is 0 Å². The van der Waals surface area contributed by atoms with E-state index in [1.165, 1.54) is 21.5 Å². The van der Waals surface area contributed by atoms with Gasteiger partial charge in [0, 0.05) is 33.0 Å². The van der Waals surface area contributed by atoms with E-state index in [0.29, 0.717) is 5.82 Å². The molecular weight excluding hydrogens is 693 g/mol. The highest BCUT2D eigenvalue weighted by atomic mass is 15.3. The maximum absolute atomic E-state index is 5.42. The van der Waals surface area contributed by atoms with Crippen LogP contribution in [0.15, 0.2) is 206 Å². The molecule has 0 spiro atoms. The Kier molecular flexibility index (Phi) is 7.78. The van der Waals surface area contributed by atoms with Crippen LogP contribution in [0, 0.1) is 0 Å². The van der Waals surface area contributed by atoms with Gasteiger partial charge in [0.15, 0.2) is 5.82 Å². The summed E-state index contributed by atoms with van der Waals surface area (Å²) in [5.74, 6) is 0.690. The number of fused-ring (bicyclic) bond motifs is 6. The van der Waals surface area contributed by atoms with Crippen LogP contribution in [0.25, 0.3) is 105 Å². The van der Waals surface area contributed by atoms with Crippen LogP contribution in [-0.2, 0) is 0 Å². The first-order valence-electron chi connectivity index (χ1n) is 19.3. The van der Waals surface area contributed by atoms with Crippen molar-refractivity contribution in [3.63, 3.8) is 0 Å². The Hall–Kier alpha value is -7.69. The number of hydrogen-bond donors (Lipinski definition) is 0. The molecule has 11 aromatic rings. The molecule has 0 fully saturated rings. The van der Waals surface area contributed by atoms with Gasteiger partial charge in [0.2, 0.25) is 0 Å². The van der Waals surface area contributed by atoms with Gasteiger partial charge < -0.3 is 0 Å². The molecule has 2 heterocycles. The molecule has 0 N–H and O–H groups in total. The summed E-state index contributed by atoms with van der Waals surface area (Å²) in [4.78, 5) is 10.4. The lowest BCUT2D eigenvalue weighted by molar-refractivity contribution is 0.918. The van der Waals surface area contributed by atoms with Crippen molar-refractivity contribution in [3.8, 4) is 62.0 Å². The van der Waals surface area contributed by atoms with Crippen molar-refractivity contribution in [2.75, 3.05) is 0 Å². The van der Waals surface area contributed by atoms with E-state index in [1.54, 1.807) is 0 Å². The van der Waals surface area contributed by atoms with E-state index in [9.17, 15) is 0 Å². The predicted octanol–water partition coefficient (Wildman–Crippen LogP) is 13.6. The number of hydrogen-bond acceptors (Lipinski definition) is 3. The van der Waals surface area contributed by atoms with Gasteiger partial charge in [0.05, 0.1) is 22.6 Å². The molecule has 2 aromatic heterocycles. The summed E-state index contributed by atoms with van der Waals surface area (Å²) in [5, 5.41) is 13.7. The molecule has 4 nitrogen and oxygen atoms in total. The Morgan fingerprint density at radius 2 is 0.877 bits per heavy atom. The van der Waals surface area contributed by atoms with Gasteiger partial charge in [-0.15, -0.1) is 0 Å². The summed E-state index contributed by atoms with van der Waals surface area (Å²) in [6, 6.07) is 72.6. The largest absolute Gasteiger partial charge is 0.232 e. The summed E-state index contributed by atoms with van der Waals surface area (Å²) in [7, 11) is 0. The third-order valence-electron chi connectivity index (χ3n) is 11.0. The van der Waals surface area contributed by atoms with Crippen LogP contribution in [0.2, 0.25) is 0 Å². The quantitative estimate of drug-likeness (QED) is 0.160. The maximum Gasteiger partial charge on any atom is 0.160 e. The summed E-state index contributed by atoms with van der Waals surface area (Å²) in [6.07, 6.45) is 0. The smallest absolute Gasteiger partial charge is 0.160 e. The van der Waals surface area contributed by atoms with Crippen LogP contribution in [0.4, 0.5) is 0 Å². The van der Waals surface area contributed by atoms with Crippen molar-refractivity contribution in [2.24, 2.45) is 0 Å². The van der Waals surface area contributed by atoms with E-state index in [-0.39, 0.29) is 0 Å². The van der Waals surface area contributed by atoms with E-state index in [1.807, 2.05) is 18.2 Å². The normalized spacial score (nSPS) is 11.5. The predicted molar refractivity (Wildman–Crippen MR) is 236 cm³/mol. The van der Waals surface area contributed by atoms with E-state index in [4.69, 9.17) is 15.1 Å². The number of benzene rings is 9. The Balaban J connectivity index is 1.11. The van der Waals surface area contributed by atoms with Crippen molar-refractivity contribution in [1.29, 1.82) is 0 Å². The van der Waals surface area contributed by atoms with Crippen molar-refractivity contribution in [3.05, 3.63) is 206 Å². The van der Waals surface area contributed by atoms with Gasteiger partial charge in [0.25, 0.3) is 0 Å². The van der Waals surface area contributed by atoms with Crippen LogP contribution in [-0.4, -0.2) is 19.7 Å². The first kappa shape index (κ1) is 32.7. The molecule has 9 aromatic carbocycles. The molecule has 57 heavy (non-hydrogen) atoms. The highest BCUT2D eigenvalue weighted by molar-refractivity contribution is 6.17. The Bertz CT molecular complexity index is 3260. The van der Waals surface area contributed by atoms with Gasteiger partial charge in [-0.05, 0) is 68.4 Å². The van der Waals surface area contributed by atoms with Crippen molar-refractivity contribution in [2.45, 2.75) is 0 Å². The second-order valence-corrected chi connectivity index (χ2v) is 14.4. The fraction of sp³-hybridized carbons (Fsp3) is 0. The van der Waals surface area contributed by atoms with Crippen molar-refractivity contribution >= 4 is 43.2 Å². The molecule has 0 aliphatic rings. The fourth-order valence-electron chi connectivity index (χ4n) is 8.31. The summed E-state index contributed by atoms with van der Waals surface area (Å²) >= 11 is 0. The molecular formula is C53H34N4. The minimum absolute atomic E-state index is 0.690. The van der Waals surface area contributed by atoms with Gasteiger partial charge >= 0.3 is 0 Å². The van der Waals surface area contributed by atoms with Gasteiger partial charge in [-0.2, -0.15) is 5.10 Å². The molecule has 11 rings (SSSR count). The molecule has 0 unspecified atom stereocenters. The molecule has 0 radical (unpaired) electrons. The Morgan fingerprint density at radius 1 is 0.351 bits per heavy atom. The number of rotatable bonds is 6. The van der Waals surface area contributed by atoms with Crippen LogP contribution in [0.3, 0.4) is 0 Å². The zero-order valence-corrected chi connectivity index (χ0v) is 30.9. The van der Waals surface area contributed by atoms with E-state index >= 15 is 0 Å². The average molecular weight is 727 g/mol. The summed E-state index contributed by atoms with van der Waals surface area (Å²) in [6.45, 7) is 0. The van der Waals surface area contributed by atoms with Crippen LogP contribution in [0.1, 0.15) is 0 Å². The first-order chi connectivity index (χ1) is 28.3.